The van der Waals surface area contributed by atoms with E-state index < -0.39 is 0 Å². The van der Waals surface area contributed by atoms with E-state index in [1.54, 1.807) is 11.0 Å². The van der Waals surface area contributed by atoms with Crippen LogP contribution in [-0.2, 0) is 4.79 Å². The van der Waals surface area contributed by atoms with Crippen LogP contribution in [0, 0.1) is 25.2 Å². The van der Waals surface area contributed by atoms with E-state index in [4.69, 9.17) is 19.7 Å². The van der Waals surface area contributed by atoms with E-state index in [2.05, 4.69) is 15.9 Å². The second-order valence-electron chi connectivity index (χ2n) is 6.78. The van der Waals surface area contributed by atoms with Gasteiger partial charge in [0.25, 0.3) is 5.91 Å². The van der Waals surface area contributed by atoms with Crippen LogP contribution in [0.3, 0.4) is 0 Å². The largest absolute Gasteiger partial charge is 0.493 e. The van der Waals surface area contributed by atoms with Crippen molar-refractivity contribution in [1.29, 1.82) is 5.26 Å². The fourth-order valence-electron chi connectivity index (χ4n) is 3.17. The van der Waals surface area contributed by atoms with Crippen LogP contribution < -0.4 is 9.47 Å². The Balaban J connectivity index is 1.99. The van der Waals surface area contributed by atoms with E-state index >= 15 is 0 Å². The predicted octanol–water partition coefficient (Wildman–Crippen LogP) is 5.60. The maximum absolute atomic E-state index is 13.0. The highest BCUT2D eigenvalue weighted by atomic mass is 79.9. The number of ether oxygens (including phenoxy) is 2. The molecule has 0 saturated carbocycles. The summed E-state index contributed by atoms with van der Waals surface area (Å²) in [6.45, 7) is 6.40. The zero-order valence-corrected chi connectivity index (χ0v) is 20.1. The molecule has 3 rings (SSSR count). The van der Waals surface area contributed by atoms with Crippen LogP contribution in [-0.4, -0.2) is 36.2 Å². The van der Waals surface area contributed by atoms with E-state index in [0.717, 1.165) is 22.4 Å². The van der Waals surface area contributed by atoms with Gasteiger partial charge in [-0.05, 0) is 83.4 Å². The molecule has 0 bridgehead atoms. The number of hydrogen-bond acceptors (Lipinski definition) is 6. The lowest BCUT2D eigenvalue weighted by atomic mass is 10.1. The number of likely N-dealkylation sites (N-methyl/N-ethyl adjacent to an activating group) is 1. The summed E-state index contributed by atoms with van der Waals surface area (Å²) in [5.74, 6) is 0.838. The molecule has 1 aliphatic heterocycles. The van der Waals surface area contributed by atoms with Gasteiger partial charge < -0.3 is 9.47 Å². The Morgan fingerprint density at radius 2 is 2.00 bits per heavy atom. The first-order valence-corrected chi connectivity index (χ1v) is 11.2. The Kier molecular flexibility index (Phi) is 7.42. The minimum absolute atomic E-state index is 0.0858. The Hall–Kier alpha value is -2.76. The highest BCUT2D eigenvalue weighted by Crippen LogP contribution is 2.39. The van der Waals surface area contributed by atoms with Crippen LogP contribution in [0.15, 0.2) is 44.7 Å². The van der Waals surface area contributed by atoms with Crippen molar-refractivity contribution >= 4 is 50.5 Å². The van der Waals surface area contributed by atoms with Crippen LogP contribution in [0.1, 0.15) is 23.6 Å². The van der Waals surface area contributed by atoms with Gasteiger partial charge in [-0.1, -0.05) is 18.2 Å². The molecule has 1 saturated heterocycles. The van der Waals surface area contributed by atoms with Gasteiger partial charge in [-0.3, -0.25) is 9.69 Å². The molecule has 0 atom stereocenters. The van der Waals surface area contributed by atoms with Crippen LogP contribution in [0.4, 0.5) is 5.69 Å². The molecule has 0 radical (unpaired) electrons. The first-order chi connectivity index (χ1) is 14.9. The van der Waals surface area contributed by atoms with Crippen molar-refractivity contribution in [3.63, 3.8) is 0 Å². The summed E-state index contributed by atoms with van der Waals surface area (Å²) < 4.78 is 11.5. The molecule has 2 aromatic rings. The zero-order valence-electron chi connectivity index (χ0n) is 17.7. The van der Waals surface area contributed by atoms with E-state index in [9.17, 15) is 4.79 Å². The van der Waals surface area contributed by atoms with Gasteiger partial charge in [-0.15, -0.1) is 0 Å². The van der Waals surface area contributed by atoms with Gasteiger partial charge in [0.1, 0.15) is 6.07 Å². The van der Waals surface area contributed by atoms with E-state index in [0.29, 0.717) is 32.6 Å². The first-order valence-electron chi connectivity index (χ1n) is 9.63. The highest BCUT2D eigenvalue weighted by molar-refractivity contribution is 9.10. The fourth-order valence-corrected chi connectivity index (χ4v) is 4.79. The normalized spacial score (nSPS) is 16.1. The number of amides is 1. The summed E-state index contributed by atoms with van der Waals surface area (Å²) in [5.41, 5.74) is 3.79. The maximum atomic E-state index is 13.0. The molecule has 1 aliphatic rings. The number of carbonyl (C=O) groups excluding carboxylic acids is 1. The smallest absolute Gasteiger partial charge is 0.266 e. The third kappa shape index (κ3) is 4.94. The Morgan fingerprint density at radius 1 is 1.29 bits per heavy atom. The molecule has 8 heteroatoms. The van der Waals surface area contributed by atoms with E-state index in [-0.39, 0.29) is 12.5 Å². The van der Waals surface area contributed by atoms with Crippen molar-refractivity contribution < 1.29 is 14.3 Å². The topological polar surface area (TPSA) is 74.9 Å². The zero-order chi connectivity index (χ0) is 22.5. The number of hydrogen-bond donors (Lipinski definition) is 0. The van der Waals surface area contributed by atoms with Crippen LogP contribution in [0.2, 0.25) is 0 Å². The second kappa shape index (κ2) is 10.0. The fraction of sp³-hybridized carbons (Fsp3) is 0.261. The molecule has 0 unspecified atom stereocenters. The third-order valence-electron chi connectivity index (χ3n) is 4.68. The minimum atomic E-state index is -0.0899. The monoisotopic (exact) mass is 499 g/mol. The summed E-state index contributed by atoms with van der Waals surface area (Å²) in [4.78, 5) is 20.1. The van der Waals surface area contributed by atoms with Crippen LogP contribution in [0.25, 0.3) is 6.08 Å². The van der Waals surface area contributed by atoms with Gasteiger partial charge in [0, 0.05) is 6.54 Å². The predicted molar refractivity (Wildman–Crippen MR) is 128 cm³/mol. The number of thioether (sulfide) groups is 1. The molecule has 1 amide bonds. The SMILES string of the molecule is CCN1C(=O)/C(=C\c2cc(Br)c(OCC#N)c(OC)c2)SC1=Nc1c(C)cccc1C. The van der Waals surface area contributed by atoms with Gasteiger partial charge in [0.15, 0.2) is 23.3 Å². The standard InChI is InChI=1S/C23H22BrN3O3S/c1-5-27-22(28)19(31-23(27)26-20-14(2)7-6-8-15(20)3)13-16-11-17(24)21(30-10-9-25)18(12-16)29-4/h6-8,11-13H,5,10H2,1-4H3/b19-13+,26-23?. The van der Waals surface area contributed by atoms with Crippen LogP contribution in [0.5, 0.6) is 11.5 Å². The minimum Gasteiger partial charge on any atom is -0.493 e. The summed E-state index contributed by atoms with van der Waals surface area (Å²) >= 11 is 4.81. The number of para-hydroxylation sites is 1. The molecule has 0 aromatic heterocycles. The molecule has 0 aliphatic carbocycles. The molecule has 1 fully saturated rings. The number of benzene rings is 2. The number of carbonyl (C=O) groups is 1. The number of nitriles is 1. The summed E-state index contributed by atoms with van der Waals surface area (Å²) in [5, 5.41) is 9.43. The molecular weight excluding hydrogens is 478 g/mol. The lowest BCUT2D eigenvalue weighted by Gasteiger charge is -2.13. The lowest BCUT2D eigenvalue weighted by Crippen LogP contribution is -2.28. The summed E-state index contributed by atoms with van der Waals surface area (Å²) in [7, 11) is 1.53. The van der Waals surface area contributed by atoms with Gasteiger partial charge in [0.2, 0.25) is 0 Å². The molecular formula is C23H22BrN3O3S. The Morgan fingerprint density at radius 3 is 2.61 bits per heavy atom. The lowest BCUT2D eigenvalue weighted by molar-refractivity contribution is -0.122. The molecule has 0 N–H and O–H groups in total. The third-order valence-corrected chi connectivity index (χ3v) is 6.28. The van der Waals surface area contributed by atoms with Gasteiger partial charge in [-0.25, -0.2) is 4.99 Å². The molecule has 0 spiro atoms. The van der Waals surface area contributed by atoms with Crippen molar-refractivity contribution in [1.82, 2.24) is 4.90 Å². The molecule has 2 aromatic carbocycles. The average Bonchev–Trinajstić information content (AvgIpc) is 3.03. The second-order valence-corrected chi connectivity index (χ2v) is 8.64. The van der Waals surface area contributed by atoms with Crippen molar-refractivity contribution in [3.8, 4) is 17.6 Å². The summed E-state index contributed by atoms with van der Waals surface area (Å²) in [6.07, 6.45) is 1.81. The van der Waals surface area contributed by atoms with Crippen molar-refractivity contribution in [2.45, 2.75) is 20.8 Å². The van der Waals surface area contributed by atoms with Gasteiger partial charge >= 0.3 is 0 Å². The Labute approximate surface area is 194 Å². The Bertz CT molecular complexity index is 1100. The quantitative estimate of drug-likeness (QED) is 0.483. The van der Waals surface area contributed by atoms with Crippen LogP contribution >= 0.6 is 27.7 Å². The molecule has 6 nitrogen and oxygen atoms in total. The molecule has 31 heavy (non-hydrogen) atoms. The van der Waals surface area contributed by atoms with Gasteiger partial charge in [0.05, 0.1) is 22.2 Å². The maximum Gasteiger partial charge on any atom is 0.266 e. The average molecular weight is 500 g/mol. The van der Waals surface area contributed by atoms with Gasteiger partial charge in [-0.2, -0.15) is 5.26 Å². The van der Waals surface area contributed by atoms with Crippen molar-refractivity contribution in [3.05, 3.63) is 56.4 Å². The number of aryl methyl sites for hydroxylation is 2. The highest BCUT2D eigenvalue weighted by Gasteiger charge is 2.32. The van der Waals surface area contributed by atoms with Crippen molar-refractivity contribution in [2.24, 2.45) is 4.99 Å². The number of aliphatic imine (C=N–C) groups is 1. The molecule has 160 valence electrons. The summed E-state index contributed by atoms with van der Waals surface area (Å²) in [6, 6.07) is 11.6. The van der Waals surface area contributed by atoms with Crippen molar-refractivity contribution in [2.75, 3.05) is 20.3 Å². The first kappa shape index (κ1) is 22.9. The number of rotatable bonds is 6. The number of amidine groups is 1. The number of nitrogens with zero attached hydrogens (tertiary/aromatic N) is 3. The molecule has 1 heterocycles. The van der Waals surface area contributed by atoms with E-state index in [1.165, 1.54) is 18.9 Å². The number of halogens is 1. The number of methoxy groups -OCH3 is 1. The van der Waals surface area contributed by atoms with E-state index in [1.807, 2.05) is 57.2 Å².